The largest absolute Gasteiger partial charge is 0.279 e. The second-order valence-corrected chi connectivity index (χ2v) is 13.0. The van der Waals surface area contributed by atoms with Gasteiger partial charge in [-0.3, -0.25) is 9.11 Å². The van der Waals surface area contributed by atoms with Crippen molar-refractivity contribution in [3.05, 3.63) is 88.0 Å². The average Bonchev–Trinajstić information content (AvgIpc) is 2.95. The van der Waals surface area contributed by atoms with Crippen LogP contribution in [0.25, 0.3) is 0 Å². The fourth-order valence-electron chi connectivity index (χ4n) is 4.17. The molecule has 7 heteroatoms. The van der Waals surface area contributed by atoms with Crippen LogP contribution in [0.3, 0.4) is 0 Å². The summed E-state index contributed by atoms with van der Waals surface area (Å²) in [4.78, 5) is 5.19. The second-order valence-electron chi connectivity index (χ2n) is 8.24. The van der Waals surface area contributed by atoms with Gasteiger partial charge in [0.05, 0.1) is 17.1 Å². The smallest absolute Gasteiger partial charge is 0.208 e. The molecule has 1 saturated heterocycles. The molecular formula is C25H27Cl2N3P2. The third-order valence-corrected chi connectivity index (χ3v) is 11.8. The van der Waals surface area contributed by atoms with Crippen LogP contribution in [0.4, 0.5) is 17.1 Å². The number of para-hydroxylation sites is 3. The van der Waals surface area contributed by atoms with Crippen molar-refractivity contribution in [2.45, 2.75) is 41.5 Å². The number of hydrogen-bond acceptors (Lipinski definition) is 2. The molecule has 0 bridgehead atoms. The fourth-order valence-corrected chi connectivity index (χ4v) is 11.1. The molecule has 0 aromatic heterocycles. The van der Waals surface area contributed by atoms with E-state index in [1.807, 2.05) is 0 Å². The maximum atomic E-state index is 7.30. The van der Waals surface area contributed by atoms with Crippen LogP contribution in [0.1, 0.15) is 33.4 Å². The average molecular weight is 502 g/mol. The maximum Gasteiger partial charge on any atom is 0.208 e. The van der Waals surface area contributed by atoms with Gasteiger partial charge in [-0.25, -0.2) is 4.99 Å². The molecule has 0 spiro atoms. The fraction of sp³-hybridized carbons (Fsp3) is 0.240. The molecule has 4 rings (SSSR count). The van der Waals surface area contributed by atoms with E-state index in [2.05, 4.69) is 105 Å². The van der Waals surface area contributed by atoms with Gasteiger partial charge < -0.3 is 0 Å². The molecule has 0 saturated carbocycles. The zero-order valence-electron chi connectivity index (χ0n) is 19.2. The number of benzene rings is 3. The summed E-state index contributed by atoms with van der Waals surface area (Å²) >= 11 is 14.6. The third-order valence-electron chi connectivity index (χ3n) is 5.78. The lowest BCUT2D eigenvalue weighted by molar-refractivity contribution is 1.30. The van der Waals surface area contributed by atoms with Crippen molar-refractivity contribution in [1.29, 1.82) is 0 Å². The van der Waals surface area contributed by atoms with Crippen LogP contribution in [0.2, 0.25) is 0 Å². The lowest BCUT2D eigenvalue weighted by atomic mass is 10.1. The molecule has 0 amide bonds. The quantitative estimate of drug-likeness (QED) is 0.332. The van der Waals surface area contributed by atoms with E-state index >= 15 is 0 Å². The summed E-state index contributed by atoms with van der Waals surface area (Å²) < 4.78 is 4.40. The number of hydrogen-bond donors (Lipinski definition) is 0. The Labute approximate surface area is 203 Å². The Balaban J connectivity index is 1.98. The van der Waals surface area contributed by atoms with Gasteiger partial charge >= 0.3 is 0 Å². The normalized spacial score (nSPS) is 19.8. The molecule has 1 fully saturated rings. The van der Waals surface area contributed by atoms with E-state index in [9.17, 15) is 0 Å². The second kappa shape index (κ2) is 9.32. The van der Waals surface area contributed by atoms with Crippen LogP contribution >= 0.6 is 37.5 Å². The number of aliphatic imine (C=N–C) groups is 1. The van der Waals surface area contributed by atoms with Gasteiger partial charge in [0.25, 0.3) is 0 Å². The van der Waals surface area contributed by atoms with Gasteiger partial charge in [-0.05, 0) is 86.2 Å². The predicted molar refractivity (Wildman–Crippen MR) is 145 cm³/mol. The highest BCUT2D eigenvalue weighted by molar-refractivity contribution is 8.12. The SMILES string of the molecule is Cc1cccc(C)c1N=C1N(c2c(C)cccc2C)P(Cl)N(c2c(C)cccc2C)P1Cl. The standard InChI is InChI=1S/C25H27Cl2N3P2/c1-16-10-7-11-17(2)22(16)28-25-29(23-18(3)12-8-13-19(23)4)32(27)30(31(25)26)24-20(5)14-9-15-21(24)6/h7-15H,1-6H3. The summed E-state index contributed by atoms with van der Waals surface area (Å²) in [5.74, 6) is 0. The number of rotatable bonds is 3. The highest BCUT2D eigenvalue weighted by atomic mass is 35.7. The van der Waals surface area contributed by atoms with Crippen molar-refractivity contribution in [3.63, 3.8) is 0 Å². The molecule has 1 aliphatic heterocycles. The highest BCUT2D eigenvalue weighted by Crippen LogP contribution is 2.75. The summed E-state index contributed by atoms with van der Waals surface area (Å²) in [5, 5.41) is 0. The van der Waals surface area contributed by atoms with Gasteiger partial charge in [0.1, 0.15) is 0 Å². The van der Waals surface area contributed by atoms with Crippen LogP contribution in [-0.4, -0.2) is 5.58 Å². The van der Waals surface area contributed by atoms with Crippen LogP contribution in [0, 0.1) is 41.5 Å². The molecule has 0 radical (unpaired) electrons. The van der Waals surface area contributed by atoms with E-state index in [1.165, 1.54) is 11.1 Å². The van der Waals surface area contributed by atoms with Crippen molar-refractivity contribution in [2.24, 2.45) is 4.99 Å². The van der Waals surface area contributed by atoms with Gasteiger partial charge in [-0.1, -0.05) is 65.8 Å². The minimum absolute atomic E-state index is 0.834. The van der Waals surface area contributed by atoms with Crippen molar-refractivity contribution < 1.29 is 0 Å². The van der Waals surface area contributed by atoms with E-state index < -0.39 is 15.0 Å². The number of aryl methyl sites for hydroxylation is 6. The first-order valence-electron chi connectivity index (χ1n) is 10.5. The Kier molecular flexibility index (Phi) is 6.85. The van der Waals surface area contributed by atoms with Gasteiger partial charge in [-0.15, -0.1) is 0 Å². The zero-order chi connectivity index (χ0) is 23.2. The van der Waals surface area contributed by atoms with E-state index in [4.69, 9.17) is 27.5 Å². The first-order chi connectivity index (χ1) is 15.2. The Hall–Kier alpha value is -1.63. The van der Waals surface area contributed by atoms with Crippen LogP contribution in [-0.2, 0) is 0 Å². The molecule has 1 aliphatic rings. The monoisotopic (exact) mass is 501 g/mol. The molecule has 1 heterocycles. The van der Waals surface area contributed by atoms with E-state index in [-0.39, 0.29) is 0 Å². The van der Waals surface area contributed by atoms with Crippen LogP contribution < -0.4 is 9.11 Å². The lowest BCUT2D eigenvalue weighted by Crippen LogP contribution is -2.19. The Bertz CT molecular complexity index is 1150. The van der Waals surface area contributed by atoms with E-state index in [0.29, 0.717) is 0 Å². The molecule has 2 unspecified atom stereocenters. The number of halogens is 2. The Morgan fingerprint density at radius 1 is 0.625 bits per heavy atom. The summed E-state index contributed by atoms with van der Waals surface area (Å²) in [6.45, 7) is 12.7. The first kappa shape index (κ1) is 23.5. The summed E-state index contributed by atoms with van der Waals surface area (Å²) in [5.41, 5.74) is 10.9. The van der Waals surface area contributed by atoms with Crippen LogP contribution in [0.15, 0.2) is 59.6 Å². The molecule has 0 aliphatic carbocycles. The molecule has 3 aromatic rings. The molecular weight excluding hydrogens is 475 g/mol. The molecule has 2 atom stereocenters. The summed E-state index contributed by atoms with van der Waals surface area (Å²) in [7, 11) is -2.60. The number of nitrogens with zero attached hydrogens (tertiary/aromatic N) is 3. The van der Waals surface area contributed by atoms with Crippen molar-refractivity contribution in [1.82, 2.24) is 0 Å². The van der Waals surface area contributed by atoms with Crippen LogP contribution in [0.5, 0.6) is 0 Å². The Morgan fingerprint density at radius 3 is 1.50 bits per heavy atom. The summed E-state index contributed by atoms with van der Waals surface area (Å²) in [6.07, 6.45) is 0. The highest BCUT2D eigenvalue weighted by Gasteiger charge is 2.47. The molecule has 166 valence electrons. The molecule has 3 nitrogen and oxygen atoms in total. The summed E-state index contributed by atoms with van der Waals surface area (Å²) in [6, 6.07) is 18.9. The number of anilines is 2. The number of amidine groups is 1. The first-order valence-corrected chi connectivity index (χ1v) is 14.9. The molecule has 32 heavy (non-hydrogen) atoms. The van der Waals surface area contributed by atoms with Crippen molar-refractivity contribution in [3.8, 4) is 0 Å². The van der Waals surface area contributed by atoms with E-state index in [0.717, 1.165) is 44.9 Å². The lowest BCUT2D eigenvalue weighted by Gasteiger charge is -2.29. The van der Waals surface area contributed by atoms with Gasteiger partial charge in [0.2, 0.25) is 7.58 Å². The predicted octanol–water partition coefficient (Wildman–Crippen LogP) is 9.57. The minimum Gasteiger partial charge on any atom is -0.279 e. The van der Waals surface area contributed by atoms with Crippen molar-refractivity contribution >= 4 is 60.1 Å². The Morgan fingerprint density at radius 2 is 1.03 bits per heavy atom. The zero-order valence-corrected chi connectivity index (χ0v) is 22.5. The van der Waals surface area contributed by atoms with Gasteiger partial charge in [0, 0.05) is 0 Å². The van der Waals surface area contributed by atoms with E-state index in [1.54, 1.807) is 0 Å². The topological polar surface area (TPSA) is 18.8 Å². The van der Waals surface area contributed by atoms with Crippen molar-refractivity contribution in [2.75, 3.05) is 9.11 Å². The minimum atomic E-state index is -1.30. The molecule has 0 N–H and O–H groups in total. The third kappa shape index (κ3) is 4.06. The van der Waals surface area contributed by atoms with Gasteiger partial charge in [-0.2, -0.15) is 0 Å². The molecule has 3 aromatic carbocycles. The van der Waals surface area contributed by atoms with Gasteiger partial charge in [0.15, 0.2) is 13.0 Å². The maximum absolute atomic E-state index is 7.30.